The molecule has 0 radical (unpaired) electrons. The Labute approximate surface area is 174 Å². The third-order valence-electron chi connectivity index (χ3n) is 4.21. The number of benzene rings is 2. The Hall–Kier alpha value is -3.88. The van der Waals surface area contributed by atoms with Gasteiger partial charge in [0.05, 0.1) is 13.7 Å². The maximum absolute atomic E-state index is 12.1. The molecule has 0 bridgehead atoms. The van der Waals surface area contributed by atoms with Crippen molar-refractivity contribution in [2.45, 2.75) is 20.0 Å². The Kier molecular flexibility index (Phi) is 6.99. The number of aromatic nitrogens is 4. The minimum Gasteiger partial charge on any atom is -0.493 e. The van der Waals surface area contributed by atoms with E-state index >= 15 is 0 Å². The van der Waals surface area contributed by atoms with E-state index in [1.807, 2.05) is 43.3 Å². The Bertz CT molecular complexity index is 1000. The van der Waals surface area contributed by atoms with Crippen LogP contribution >= 0.6 is 0 Å². The minimum absolute atomic E-state index is 0.127. The van der Waals surface area contributed by atoms with Crippen molar-refractivity contribution < 1.29 is 14.3 Å². The minimum atomic E-state index is -0.249. The van der Waals surface area contributed by atoms with E-state index in [0.717, 1.165) is 16.8 Å². The monoisotopic (exact) mass is 408 g/mol. The van der Waals surface area contributed by atoms with Crippen LogP contribution in [0.15, 0.2) is 55.1 Å². The molecule has 0 aliphatic heterocycles. The van der Waals surface area contributed by atoms with Crippen LogP contribution in [0.4, 0.5) is 11.6 Å². The number of aryl methyl sites for hydroxylation is 1. The lowest BCUT2D eigenvalue weighted by Crippen LogP contribution is -2.20. The molecule has 0 aliphatic carbocycles. The molecule has 156 valence electrons. The summed E-state index contributed by atoms with van der Waals surface area (Å²) in [6.45, 7) is 6.54. The van der Waals surface area contributed by atoms with Crippen molar-refractivity contribution in [3.63, 3.8) is 0 Å². The summed E-state index contributed by atoms with van der Waals surface area (Å²) in [4.78, 5) is 12.1. The lowest BCUT2D eigenvalue weighted by atomic mass is 10.2. The number of hydrogen-bond donors (Lipinski definition) is 2. The summed E-state index contributed by atoms with van der Waals surface area (Å²) < 4.78 is 12.6. The number of ether oxygens (including phenoxy) is 2. The fourth-order valence-corrected chi connectivity index (χ4v) is 2.68. The van der Waals surface area contributed by atoms with Crippen LogP contribution < -0.4 is 20.1 Å². The second kappa shape index (κ2) is 10.1. The average molecular weight is 408 g/mol. The van der Waals surface area contributed by atoms with Crippen molar-refractivity contribution in [2.75, 3.05) is 24.4 Å². The number of tetrazole rings is 1. The maximum Gasteiger partial charge on any atom is 0.262 e. The van der Waals surface area contributed by atoms with Crippen molar-refractivity contribution in [3.05, 3.63) is 66.2 Å². The fraction of sp³-hybridized carbons (Fsp3) is 0.238. The SMILES string of the molecule is C=CCn1nnnc1NCc1ccc(OCC(=O)Nc2ccc(C)cc2)c(OC)c1. The summed E-state index contributed by atoms with van der Waals surface area (Å²) >= 11 is 0. The van der Waals surface area contributed by atoms with Gasteiger partial charge in [-0.25, -0.2) is 4.68 Å². The molecule has 30 heavy (non-hydrogen) atoms. The van der Waals surface area contributed by atoms with Crippen LogP contribution in [-0.4, -0.2) is 39.8 Å². The molecule has 1 amide bonds. The summed E-state index contributed by atoms with van der Waals surface area (Å²) in [5.41, 5.74) is 2.79. The second-order valence-electron chi connectivity index (χ2n) is 6.51. The maximum atomic E-state index is 12.1. The van der Waals surface area contributed by atoms with Gasteiger partial charge in [-0.2, -0.15) is 0 Å². The van der Waals surface area contributed by atoms with E-state index in [-0.39, 0.29) is 12.5 Å². The molecular formula is C21H24N6O3. The lowest BCUT2D eigenvalue weighted by molar-refractivity contribution is -0.118. The first-order valence-corrected chi connectivity index (χ1v) is 9.36. The van der Waals surface area contributed by atoms with Gasteiger partial charge in [0.2, 0.25) is 5.95 Å². The fourth-order valence-electron chi connectivity index (χ4n) is 2.68. The van der Waals surface area contributed by atoms with E-state index in [9.17, 15) is 4.79 Å². The van der Waals surface area contributed by atoms with Crippen molar-refractivity contribution in [1.82, 2.24) is 20.2 Å². The Balaban J connectivity index is 1.56. The zero-order valence-corrected chi connectivity index (χ0v) is 17.0. The molecule has 0 fully saturated rings. The van der Waals surface area contributed by atoms with Gasteiger partial charge in [-0.05, 0) is 47.2 Å². The standard InChI is InChI=1S/C21H24N6O3/c1-4-11-27-21(24-25-26-27)22-13-16-7-10-18(19(12-16)29-3)30-14-20(28)23-17-8-5-15(2)6-9-17/h4-10,12H,1,11,13-14H2,2-3H3,(H,23,28)(H,22,24,26). The van der Waals surface area contributed by atoms with Crippen LogP contribution in [0.2, 0.25) is 0 Å². The molecule has 1 aromatic heterocycles. The molecule has 2 aromatic carbocycles. The van der Waals surface area contributed by atoms with Gasteiger partial charge in [0.25, 0.3) is 5.91 Å². The summed E-state index contributed by atoms with van der Waals surface area (Å²) in [6, 6.07) is 13.0. The zero-order chi connectivity index (χ0) is 21.3. The first-order valence-electron chi connectivity index (χ1n) is 9.36. The molecule has 3 rings (SSSR count). The molecule has 0 spiro atoms. The second-order valence-corrected chi connectivity index (χ2v) is 6.51. The van der Waals surface area contributed by atoms with Crippen molar-refractivity contribution >= 4 is 17.5 Å². The molecule has 9 heteroatoms. The van der Waals surface area contributed by atoms with Crippen LogP contribution in [-0.2, 0) is 17.9 Å². The van der Waals surface area contributed by atoms with Crippen LogP contribution in [0.25, 0.3) is 0 Å². The summed E-state index contributed by atoms with van der Waals surface area (Å²) in [6.07, 6.45) is 1.71. The van der Waals surface area contributed by atoms with Gasteiger partial charge < -0.3 is 20.1 Å². The zero-order valence-electron chi connectivity index (χ0n) is 17.0. The van der Waals surface area contributed by atoms with E-state index in [0.29, 0.717) is 30.5 Å². The number of amides is 1. The number of hydrogen-bond acceptors (Lipinski definition) is 7. The van der Waals surface area contributed by atoms with Crippen molar-refractivity contribution in [1.29, 1.82) is 0 Å². The van der Waals surface area contributed by atoms with E-state index in [4.69, 9.17) is 9.47 Å². The van der Waals surface area contributed by atoms with Gasteiger partial charge in [-0.15, -0.1) is 6.58 Å². The van der Waals surface area contributed by atoms with E-state index < -0.39 is 0 Å². The highest BCUT2D eigenvalue weighted by Crippen LogP contribution is 2.28. The molecular weight excluding hydrogens is 384 g/mol. The van der Waals surface area contributed by atoms with Gasteiger partial charge in [0.1, 0.15) is 0 Å². The van der Waals surface area contributed by atoms with Gasteiger partial charge >= 0.3 is 0 Å². The molecule has 0 saturated carbocycles. The van der Waals surface area contributed by atoms with Gasteiger partial charge in [0.15, 0.2) is 18.1 Å². The predicted octanol–water partition coefficient (Wildman–Crippen LogP) is 2.81. The number of anilines is 2. The highest BCUT2D eigenvalue weighted by molar-refractivity contribution is 5.91. The summed E-state index contributed by atoms with van der Waals surface area (Å²) in [5, 5.41) is 17.4. The number of nitrogens with one attached hydrogen (secondary N) is 2. The average Bonchev–Trinajstić information content (AvgIpc) is 3.20. The molecule has 0 aliphatic rings. The van der Waals surface area contributed by atoms with Crippen LogP contribution in [0.3, 0.4) is 0 Å². The molecule has 2 N–H and O–H groups in total. The number of carbonyl (C=O) groups excluding carboxylic acids is 1. The molecule has 0 saturated heterocycles. The van der Waals surface area contributed by atoms with Crippen LogP contribution in [0.5, 0.6) is 11.5 Å². The highest BCUT2D eigenvalue weighted by atomic mass is 16.5. The number of rotatable bonds is 10. The quantitative estimate of drug-likeness (QED) is 0.497. The van der Waals surface area contributed by atoms with Crippen molar-refractivity contribution in [3.8, 4) is 11.5 Å². The molecule has 1 heterocycles. The normalized spacial score (nSPS) is 10.3. The third kappa shape index (κ3) is 5.57. The summed E-state index contributed by atoms with van der Waals surface area (Å²) in [7, 11) is 1.55. The Morgan fingerprint density at radius 3 is 2.73 bits per heavy atom. The van der Waals surface area contributed by atoms with Crippen LogP contribution in [0.1, 0.15) is 11.1 Å². The molecule has 3 aromatic rings. The first kappa shape index (κ1) is 20.8. The number of carbonyl (C=O) groups is 1. The number of allylic oxidation sites excluding steroid dienone is 1. The predicted molar refractivity (Wildman–Crippen MR) is 114 cm³/mol. The van der Waals surface area contributed by atoms with E-state index in [1.165, 1.54) is 0 Å². The third-order valence-corrected chi connectivity index (χ3v) is 4.21. The first-order chi connectivity index (χ1) is 14.6. The van der Waals surface area contributed by atoms with Gasteiger partial charge in [-0.3, -0.25) is 4.79 Å². The summed E-state index contributed by atoms with van der Waals surface area (Å²) in [5.74, 6) is 1.31. The Morgan fingerprint density at radius 1 is 1.20 bits per heavy atom. The molecule has 0 unspecified atom stereocenters. The lowest BCUT2D eigenvalue weighted by Gasteiger charge is -2.13. The van der Waals surface area contributed by atoms with E-state index in [2.05, 4.69) is 32.7 Å². The number of nitrogens with zero attached hydrogens (tertiary/aromatic N) is 4. The Morgan fingerprint density at radius 2 is 2.00 bits per heavy atom. The molecule has 0 atom stereocenters. The van der Waals surface area contributed by atoms with Crippen molar-refractivity contribution in [2.24, 2.45) is 0 Å². The van der Waals surface area contributed by atoms with Gasteiger partial charge in [-0.1, -0.05) is 34.9 Å². The number of methoxy groups -OCH3 is 1. The largest absolute Gasteiger partial charge is 0.493 e. The van der Waals surface area contributed by atoms with Crippen LogP contribution in [0, 0.1) is 6.92 Å². The highest BCUT2D eigenvalue weighted by Gasteiger charge is 2.10. The van der Waals surface area contributed by atoms with Gasteiger partial charge in [0, 0.05) is 12.2 Å². The molecule has 9 nitrogen and oxygen atoms in total. The topological polar surface area (TPSA) is 103 Å². The van der Waals surface area contributed by atoms with E-state index in [1.54, 1.807) is 23.9 Å². The smallest absolute Gasteiger partial charge is 0.262 e.